The number of H-pyrrole nitrogens is 1. The van der Waals surface area contributed by atoms with Crippen molar-refractivity contribution in [2.75, 3.05) is 44.2 Å². The van der Waals surface area contributed by atoms with Gasteiger partial charge in [0.05, 0.1) is 5.92 Å². The summed E-state index contributed by atoms with van der Waals surface area (Å²) in [7, 11) is 0. The molecule has 0 spiro atoms. The van der Waals surface area contributed by atoms with Gasteiger partial charge in [-0.15, -0.1) is 0 Å². The predicted octanol–water partition coefficient (Wildman–Crippen LogP) is 4.40. The number of rotatable bonds is 5. The number of halogens is 1. The molecule has 0 unspecified atom stereocenters. The fraction of sp³-hybridized carbons (Fsp3) is 0.469. The molecule has 0 aliphatic carbocycles. The monoisotopic (exact) mass is 575 g/mol. The van der Waals surface area contributed by atoms with Crippen molar-refractivity contribution in [2.24, 2.45) is 11.7 Å². The van der Waals surface area contributed by atoms with E-state index in [0.717, 1.165) is 60.8 Å². The zero-order valence-corrected chi connectivity index (χ0v) is 24.2. The Balaban J connectivity index is 1.26. The number of anilines is 1. The first-order valence-corrected chi connectivity index (χ1v) is 15.2. The topological polar surface area (TPSA) is 103 Å². The van der Waals surface area contributed by atoms with Gasteiger partial charge in [0.25, 0.3) is 5.56 Å². The number of nitrogens with two attached hydrogens (primary N) is 1. The molecule has 0 bridgehead atoms. The number of hydrogen-bond donors (Lipinski definition) is 2. The number of benzene rings is 2. The molecule has 216 valence electrons. The molecule has 1 aromatic heterocycles. The number of fused-ring (bicyclic) bond motifs is 1. The third-order valence-electron chi connectivity index (χ3n) is 9.42. The van der Waals surface area contributed by atoms with Crippen LogP contribution in [0.3, 0.4) is 0 Å². The van der Waals surface area contributed by atoms with E-state index in [-0.39, 0.29) is 23.3 Å². The van der Waals surface area contributed by atoms with E-state index < -0.39 is 5.54 Å². The van der Waals surface area contributed by atoms with E-state index >= 15 is 0 Å². The Hall–Kier alpha value is -3.36. The van der Waals surface area contributed by atoms with Gasteiger partial charge in [0.1, 0.15) is 11.2 Å². The molecule has 3 aromatic rings. The summed E-state index contributed by atoms with van der Waals surface area (Å²) in [4.78, 5) is 49.5. The molecule has 3 saturated heterocycles. The molecule has 3 N–H and O–H groups in total. The number of likely N-dealkylation sites (tertiary alicyclic amines) is 2. The maximum atomic E-state index is 13.9. The number of aromatic nitrogens is 1. The molecule has 0 saturated carbocycles. The highest BCUT2D eigenvalue weighted by atomic mass is 35.5. The van der Waals surface area contributed by atoms with Crippen molar-refractivity contribution in [2.45, 2.75) is 50.5 Å². The van der Waals surface area contributed by atoms with Crippen LogP contribution in [0.2, 0.25) is 5.02 Å². The quantitative estimate of drug-likeness (QED) is 0.469. The number of primary amides is 1. The van der Waals surface area contributed by atoms with Crippen LogP contribution in [-0.4, -0.2) is 71.4 Å². The van der Waals surface area contributed by atoms with Gasteiger partial charge in [-0.05, 0) is 75.4 Å². The maximum absolute atomic E-state index is 13.9. The molecular formula is C32H38ClN5O3. The van der Waals surface area contributed by atoms with Crippen molar-refractivity contribution < 1.29 is 9.59 Å². The Morgan fingerprint density at radius 2 is 1.66 bits per heavy atom. The van der Waals surface area contributed by atoms with Crippen molar-refractivity contribution in [1.82, 2.24) is 14.8 Å². The lowest BCUT2D eigenvalue weighted by Crippen LogP contribution is -2.64. The number of pyridine rings is 1. The average Bonchev–Trinajstić information content (AvgIpc) is 3.01. The minimum absolute atomic E-state index is 0.105. The molecule has 8 nitrogen and oxygen atoms in total. The SMILES string of the molecule is NC(=O)C1(N2CCCCC2)CCN(C(=O)[C@H]2CCCN(c3c(-c4ccccc4)c4cc(Cl)ccc4[nH]c3=O)C2)CC1. The van der Waals surface area contributed by atoms with Gasteiger partial charge in [-0.1, -0.05) is 48.4 Å². The molecule has 3 aliphatic heterocycles. The second kappa shape index (κ2) is 11.5. The third-order valence-corrected chi connectivity index (χ3v) is 9.66. The fourth-order valence-corrected chi connectivity index (χ4v) is 7.40. The molecule has 4 heterocycles. The molecular weight excluding hydrogens is 538 g/mol. The Kier molecular flexibility index (Phi) is 7.79. The number of carbonyl (C=O) groups is 2. The molecule has 0 radical (unpaired) electrons. The number of amides is 2. The summed E-state index contributed by atoms with van der Waals surface area (Å²) in [6.45, 7) is 4.00. The summed E-state index contributed by atoms with van der Waals surface area (Å²) in [6, 6.07) is 15.4. The van der Waals surface area contributed by atoms with Crippen LogP contribution in [0.5, 0.6) is 0 Å². The smallest absolute Gasteiger partial charge is 0.272 e. The second-order valence-electron chi connectivity index (χ2n) is 11.8. The van der Waals surface area contributed by atoms with Crippen molar-refractivity contribution in [3.8, 4) is 11.1 Å². The first-order chi connectivity index (χ1) is 19.9. The third kappa shape index (κ3) is 5.24. The Morgan fingerprint density at radius 3 is 2.37 bits per heavy atom. The van der Waals surface area contributed by atoms with Crippen molar-refractivity contribution in [3.63, 3.8) is 0 Å². The minimum atomic E-state index is -0.653. The number of nitrogens with one attached hydrogen (secondary N) is 1. The summed E-state index contributed by atoms with van der Waals surface area (Å²) in [5, 5.41) is 1.48. The lowest BCUT2D eigenvalue weighted by atomic mass is 9.82. The Labute approximate surface area is 245 Å². The summed E-state index contributed by atoms with van der Waals surface area (Å²) in [6.07, 6.45) is 6.09. The summed E-state index contributed by atoms with van der Waals surface area (Å²) in [5.41, 5.74) is 8.24. The van der Waals surface area contributed by atoms with Gasteiger partial charge in [0, 0.05) is 47.7 Å². The van der Waals surface area contributed by atoms with Gasteiger partial charge in [-0.2, -0.15) is 0 Å². The van der Waals surface area contributed by atoms with E-state index in [4.69, 9.17) is 17.3 Å². The predicted molar refractivity (Wildman–Crippen MR) is 163 cm³/mol. The number of hydrogen-bond acceptors (Lipinski definition) is 5. The summed E-state index contributed by atoms with van der Waals surface area (Å²) < 4.78 is 0. The normalized spacial score (nSPS) is 21.6. The van der Waals surface area contributed by atoms with Gasteiger partial charge in [-0.3, -0.25) is 19.3 Å². The Morgan fingerprint density at radius 1 is 0.927 bits per heavy atom. The lowest BCUT2D eigenvalue weighted by molar-refractivity contribution is -0.144. The fourth-order valence-electron chi connectivity index (χ4n) is 7.23. The van der Waals surface area contributed by atoms with Gasteiger partial charge in [0.15, 0.2) is 0 Å². The number of nitrogens with zero attached hydrogens (tertiary/aromatic N) is 3. The van der Waals surface area contributed by atoms with Gasteiger partial charge < -0.3 is 20.5 Å². The van der Waals surface area contributed by atoms with E-state index in [9.17, 15) is 14.4 Å². The highest BCUT2D eigenvalue weighted by Gasteiger charge is 2.46. The molecule has 1 atom stereocenters. The van der Waals surface area contributed by atoms with E-state index in [1.807, 2.05) is 47.4 Å². The molecule has 2 aromatic carbocycles. The van der Waals surface area contributed by atoms with Gasteiger partial charge in [-0.25, -0.2) is 0 Å². The van der Waals surface area contributed by atoms with Gasteiger partial charge >= 0.3 is 0 Å². The van der Waals surface area contributed by atoms with Crippen LogP contribution < -0.4 is 16.2 Å². The number of piperidine rings is 3. The van der Waals surface area contributed by atoms with E-state index in [1.165, 1.54) is 6.42 Å². The summed E-state index contributed by atoms with van der Waals surface area (Å²) >= 11 is 6.41. The standard InChI is InChI=1S/C32H38ClN5O3/c33-24-11-12-26-25(20-24)27(22-8-3-1-4-9-22)28(29(39)35-26)37-15-7-10-23(21-37)30(40)36-18-13-32(14-19-36,31(34)41)38-16-5-2-6-17-38/h1,3-4,8-9,11-12,20,23H,2,5-7,10,13-19,21H2,(H2,34,41)(H,35,39)/t23-/m0/s1. The zero-order valence-electron chi connectivity index (χ0n) is 23.4. The van der Waals surface area contributed by atoms with Crippen molar-refractivity contribution in [3.05, 3.63) is 63.9 Å². The van der Waals surface area contributed by atoms with Crippen molar-refractivity contribution >= 4 is 40.0 Å². The van der Waals surface area contributed by atoms with Crippen LogP contribution in [-0.2, 0) is 9.59 Å². The largest absolute Gasteiger partial charge is 0.368 e. The van der Waals surface area contributed by atoms with Crippen LogP contribution in [0, 0.1) is 5.92 Å². The molecule has 3 aliphatic rings. The molecule has 2 amide bonds. The van der Waals surface area contributed by atoms with Crippen LogP contribution in [0.4, 0.5) is 5.69 Å². The highest BCUT2D eigenvalue weighted by molar-refractivity contribution is 6.31. The average molecular weight is 576 g/mol. The first-order valence-electron chi connectivity index (χ1n) is 14.9. The van der Waals surface area contributed by atoms with E-state index in [0.29, 0.717) is 49.7 Å². The highest BCUT2D eigenvalue weighted by Crippen LogP contribution is 2.38. The lowest BCUT2D eigenvalue weighted by Gasteiger charge is -2.48. The molecule has 3 fully saturated rings. The van der Waals surface area contributed by atoms with E-state index in [2.05, 4.69) is 14.8 Å². The van der Waals surface area contributed by atoms with Crippen LogP contribution in [0.15, 0.2) is 53.3 Å². The summed E-state index contributed by atoms with van der Waals surface area (Å²) in [5.74, 6) is -0.384. The van der Waals surface area contributed by atoms with E-state index in [1.54, 1.807) is 6.07 Å². The van der Waals surface area contributed by atoms with Gasteiger partial charge in [0.2, 0.25) is 11.8 Å². The van der Waals surface area contributed by atoms with Crippen LogP contribution >= 0.6 is 11.6 Å². The number of carbonyl (C=O) groups excluding carboxylic acids is 2. The molecule has 9 heteroatoms. The Bertz CT molecular complexity index is 1490. The second-order valence-corrected chi connectivity index (χ2v) is 12.2. The number of aromatic amines is 1. The van der Waals surface area contributed by atoms with Crippen molar-refractivity contribution in [1.29, 1.82) is 0 Å². The van der Waals surface area contributed by atoms with Crippen LogP contribution in [0.25, 0.3) is 22.0 Å². The first kappa shape index (κ1) is 27.8. The zero-order chi connectivity index (χ0) is 28.6. The minimum Gasteiger partial charge on any atom is -0.368 e. The maximum Gasteiger partial charge on any atom is 0.272 e. The molecule has 6 rings (SSSR count). The van der Waals surface area contributed by atoms with Crippen LogP contribution in [0.1, 0.15) is 44.9 Å². The molecule has 41 heavy (non-hydrogen) atoms.